The van der Waals surface area contributed by atoms with Gasteiger partial charge in [0, 0.05) is 13.0 Å². The molecule has 1 rings (SSSR count). The molecule has 0 aliphatic carbocycles. The first kappa shape index (κ1) is 15.2. The van der Waals surface area contributed by atoms with Gasteiger partial charge in [-0.15, -0.1) is 0 Å². The van der Waals surface area contributed by atoms with Crippen molar-refractivity contribution in [2.24, 2.45) is 5.73 Å². The number of carbonyl (C=O) groups is 2. The van der Waals surface area contributed by atoms with Crippen molar-refractivity contribution in [3.8, 4) is 0 Å². The SMILES string of the molecule is NCCCCC(=O)NCc1ccccc1CC(=O)O. The lowest BCUT2D eigenvalue weighted by atomic mass is 10.0. The Morgan fingerprint density at radius 1 is 1.16 bits per heavy atom. The molecule has 0 aromatic heterocycles. The molecule has 5 nitrogen and oxygen atoms in total. The zero-order valence-corrected chi connectivity index (χ0v) is 10.9. The fourth-order valence-corrected chi connectivity index (χ4v) is 1.78. The monoisotopic (exact) mass is 264 g/mol. The van der Waals surface area contributed by atoms with Crippen LogP contribution in [0.25, 0.3) is 0 Å². The van der Waals surface area contributed by atoms with Crippen molar-refractivity contribution >= 4 is 11.9 Å². The van der Waals surface area contributed by atoms with Crippen LogP contribution in [0.2, 0.25) is 0 Å². The van der Waals surface area contributed by atoms with E-state index in [0.29, 0.717) is 19.5 Å². The van der Waals surface area contributed by atoms with Gasteiger partial charge in [0.25, 0.3) is 0 Å². The molecule has 0 radical (unpaired) electrons. The van der Waals surface area contributed by atoms with E-state index in [0.717, 1.165) is 24.0 Å². The second kappa shape index (κ2) is 8.26. The molecule has 1 amide bonds. The summed E-state index contributed by atoms with van der Waals surface area (Å²) in [5, 5.41) is 11.6. The first-order valence-electron chi connectivity index (χ1n) is 6.39. The number of carbonyl (C=O) groups excluding carboxylic acids is 1. The molecule has 0 spiro atoms. The highest BCUT2D eigenvalue weighted by atomic mass is 16.4. The number of unbranched alkanes of at least 4 members (excludes halogenated alkanes) is 1. The van der Waals surface area contributed by atoms with Gasteiger partial charge in [-0.05, 0) is 30.5 Å². The van der Waals surface area contributed by atoms with Gasteiger partial charge in [-0.25, -0.2) is 0 Å². The van der Waals surface area contributed by atoms with Gasteiger partial charge in [0.2, 0.25) is 5.91 Å². The number of aliphatic carboxylic acids is 1. The van der Waals surface area contributed by atoms with Crippen LogP contribution in [-0.2, 0) is 22.6 Å². The van der Waals surface area contributed by atoms with Crippen molar-refractivity contribution in [3.63, 3.8) is 0 Å². The summed E-state index contributed by atoms with van der Waals surface area (Å²) < 4.78 is 0. The highest BCUT2D eigenvalue weighted by molar-refractivity contribution is 5.76. The third kappa shape index (κ3) is 6.01. The minimum absolute atomic E-state index is 0.0286. The van der Waals surface area contributed by atoms with E-state index in [9.17, 15) is 9.59 Å². The number of carboxylic acid groups (broad SMARTS) is 1. The summed E-state index contributed by atoms with van der Waals surface area (Å²) in [6, 6.07) is 7.23. The van der Waals surface area contributed by atoms with Gasteiger partial charge in [0.15, 0.2) is 0 Å². The van der Waals surface area contributed by atoms with Crippen LogP contribution in [-0.4, -0.2) is 23.5 Å². The fourth-order valence-electron chi connectivity index (χ4n) is 1.78. The van der Waals surface area contributed by atoms with Crippen molar-refractivity contribution in [1.29, 1.82) is 0 Å². The molecule has 1 aromatic carbocycles. The Balaban J connectivity index is 2.48. The Labute approximate surface area is 112 Å². The fraction of sp³-hybridized carbons (Fsp3) is 0.429. The molecule has 0 saturated carbocycles. The topological polar surface area (TPSA) is 92.4 Å². The largest absolute Gasteiger partial charge is 0.481 e. The zero-order chi connectivity index (χ0) is 14.1. The van der Waals surface area contributed by atoms with Crippen LogP contribution in [0.1, 0.15) is 30.4 Å². The first-order valence-corrected chi connectivity index (χ1v) is 6.39. The molecule has 0 bridgehead atoms. The molecule has 0 aliphatic heterocycles. The van der Waals surface area contributed by atoms with E-state index in [1.165, 1.54) is 0 Å². The quantitative estimate of drug-likeness (QED) is 0.612. The van der Waals surface area contributed by atoms with Crippen molar-refractivity contribution in [2.75, 3.05) is 6.54 Å². The molecule has 1 aromatic rings. The van der Waals surface area contributed by atoms with Crippen LogP contribution >= 0.6 is 0 Å². The van der Waals surface area contributed by atoms with E-state index in [1.807, 2.05) is 12.1 Å². The number of rotatable bonds is 8. The van der Waals surface area contributed by atoms with Crippen LogP contribution in [0.3, 0.4) is 0 Å². The zero-order valence-electron chi connectivity index (χ0n) is 10.9. The lowest BCUT2D eigenvalue weighted by Gasteiger charge is -2.09. The van der Waals surface area contributed by atoms with Crippen LogP contribution in [0, 0.1) is 0 Å². The molecule has 0 fully saturated rings. The second-order valence-electron chi connectivity index (χ2n) is 4.36. The standard InChI is InChI=1S/C14H20N2O3/c15-8-4-3-7-13(17)16-10-12-6-2-1-5-11(12)9-14(18)19/h1-2,5-6H,3-4,7-10,15H2,(H,16,17)(H,18,19). The van der Waals surface area contributed by atoms with Crippen molar-refractivity contribution in [1.82, 2.24) is 5.32 Å². The molecule has 5 heteroatoms. The molecule has 4 N–H and O–H groups in total. The average molecular weight is 264 g/mol. The van der Waals surface area contributed by atoms with Crippen LogP contribution in [0.15, 0.2) is 24.3 Å². The maximum atomic E-state index is 11.6. The van der Waals surface area contributed by atoms with Gasteiger partial charge >= 0.3 is 5.97 Å². The van der Waals surface area contributed by atoms with E-state index in [4.69, 9.17) is 10.8 Å². The Kier molecular flexibility index (Phi) is 6.60. The maximum absolute atomic E-state index is 11.6. The highest BCUT2D eigenvalue weighted by Gasteiger charge is 2.07. The van der Waals surface area contributed by atoms with Crippen molar-refractivity contribution < 1.29 is 14.7 Å². The first-order chi connectivity index (χ1) is 9.13. The van der Waals surface area contributed by atoms with Gasteiger partial charge in [0.1, 0.15) is 0 Å². The minimum Gasteiger partial charge on any atom is -0.481 e. The smallest absolute Gasteiger partial charge is 0.307 e. The Bertz CT molecular complexity index is 432. The maximum Gasteiger partial charge on any atom is 0.307 e. The molecule has 104 valence electrons. The summed E-state index contributed by atoms with van der Waals surface area (Å²) in [5.74, 6) is -0.902. The molecule has 0 saturated heterocycles. The number of hydrogen-bond donors (Lipinski definition) is 3. The third-order valence-corrected chi connectivity index (χ3v) is 2.79. The summed E-state index contributed by atoms with van der Waals surface area (Å²) in [7, 11) is 0. The van der Waals surface area contributed by atoms with E-state index in [2.05, 4.69) is 5.32 Å². The summed E-state index contributed by atoms with van der Waals surface area (Å²) in [5.41, 5.74) is 6.94. The lowest BCUT2D eigenvalue weighted by Crippen LogP contribution is -2.23. The Morgan fingerprint density at radius 3 is 2.47 bits per heavy atom. The summed E-state index contributed by atoms with van der Waals surface area (Å²) in [4.78, 5) is 22.3. The number of nitrogens with two attached hydrogens (primary N) is 1. The van der Waals surface area contributed by atoms with E-state index < -0.39 is 5.97 Å². The predicted molar refractivity (Wildman–Crippen MR) is 72.5 cm³/mol. The van der Waals surface area contributed by atoms with Gasteiger partial charge in [-0.2, -0.15) is 0 Å². The van der Waals surface area contributed by atoms with Gasteiger partial charge in [-0.3, -0.25) is 9.59 Å². The molecule has 0 aliphatic rings. The van der Waals surface area contributed by atoms with E-state index in [-0.39, 0.29) is 12.3 Å². The Morgan fingerprint density at radius 2 is 1.84 bits per heavy atom. The number of hydrogen-bond acceptors (Lipinski definition) is 3. The van der Waals surface area contributed by atoms with Crippen LogP contribution in [0.4, 0.5) is 0 Å². The molecule has 0 unspecified atom stereocenters. The average Bonchev–Trinajstić information content (AvgIpc) is 2.37. The van der Waals surface area contributed by atoms with Gasteiger partial charge < -0.3 is 16.2 Å². The van der Waals surface area contributed by atoms with Crippen LogP contribution in [0.5, 0.6) is 0 Å². The predicted octanol–water partition coefficient (Wildman–Crippen LogP) is 1.06. The van der Waals surface area contributed by atoms with Crippen LogP contribution < -0.4 is 11.1 Å². The third-order valence-electron chi connectivity index (χ3n) is 2.79. The Hall–Kier alpha value is -1.88. The molecular weight excluding hydrogens is 244 g/mol. The number of benzene rings is 1. The normalized spacial score (nSPS) is 10.2. The molecule has 19 heavy (non-hydrogen) atoms. The van der Waals surface area contributed by atoms with Gasteiger partial charge in [-0.1, -0.05) is 24.3 Å². The van der Waals surface area contributed by atoms with Crippen molar-refractivity contribution in [3.05, 3.63) is 35.4 Å². The molecule has 0 atom stereocenters. The van der Waals surface area contributed by atoms with E-state index >= 15 is 0 Å². The highest BCUT2D eigenvalue weighted by Crippen LogP contribution is 2.09. The number of carboxylic acids is 1. The van der Waals surface area contributed by atoms with Gasteiger partial charge in [0.05, 0.1) is 6.42 Å². The molecule has 0 heterocycles. The summed E-state index contributed by atoms with van der Waals surface area (Å²) >= 11 is 0. The summed E-state index contributed by atoms with van der Waals surface area (Å²) in [6.45, 7) is 0.958. The number of amides is 1. The van der Waals surface area contributed by atoms with E-state index in [1.54, 1.807) is 12.1 Å². The second-order valence-corrected chi connectivity index (χ2v) is 4.36. The van der Waals surface area contributed by atoms with Crippen molar-refractivity contribution in [2.45, 2.75) is 32.2 Å². The number of nitrogens with one attached hydrogen (secondary N) is 1. The summed E-state index contributed by atoms with van der Waals surface area (Å²) in [6.07, 6.45) is 2.04. The molecular formula is C14H20N2O3. The lowest BCUT2D eigenvalue weighted by molar-refractivity contribution is -0.136. The minimum atomic E-state index is -0.873.